The van der Waals surface area contributed by atoms with Crippen LogP contribution in [-0.4, -0.2) is 15.3 Å². The molecule has 0 fully saturated rings. The van der Waals surface area contributed by atoms with Crippen LogP contribution in [0.1, 0.15) is 26.5 Å². The molecule has 2 aromatic heterocycles. The Morgan fingerprint density at radius 3 is 2.48 bits per heavy atom. The van der Waals surface area contributed by atoms with Gasteiger partial charge in [-0.3, -0.25) is 9.20 Å². The highest BCUT2D eigenvalue weighted by molar-refractivity contribution is 7.19. The van der Waals surface area contributed by atoms with Crippen LogP contribution in [0.15, 0.2) is 48.7 Å². The summed E-state index contributed by atoms with van der Waals surface area (Å²) >= 11 is 1.34. The number of anilines is 1. The molecular formula is C21H18FN3OS. The third-order valence-corrected chi connectivity index (χ3v) is 5.82. The number of amides is 1. The largest absolute Gasteiger partial charge is 0.321 e. The number of aromatic nitrogens is 2. The van der Waals surface area contributed by atoms with Crippen molar-refractivity contribution in [1.29, 1.82) is 0 Å². The van der Waals surface area contributed by atoms with E-state index >= 15 is 0 Å². The molecule has 0 saturated carbocycles. The van der Waals surface area contributed by atoms with Crippen LogP contribution >= 0.6 is 11.3 Å². The number of rotatable bonds is 3. The van der Waals surface area contributed by atoms with E-state index < -0.39 is 0 Å². The first-order valence-corrected chi connectivity index (χ1v) is 9.37. The van der Waals surface area contributed by atoms with Gasteiger partial charge in [0, 0.05) is 23.1 Å². The van der Waals surface area contributed by atoms with Crippen LogP contribution < -0.4 is 5.32 Å². The average molecular weight is 379 g/mol. The Morgan fingerprint density at radius 1 is 1.07 bits per heavy atom. The second-order valence-electron chi connectivity index (χ2n) is 6.56. The first-order valence-electron chi connectivity index (χ1n) is 8.55. The van der Waals surface area contributed by atoms with Gasteiger partial charge in [-0.05, 0) is 68.3 Å². The lowest BCUT2D eigenvalue weighted by Gasteiger charge is -2.07. The molecule has 0 aliphatic carbocycles. The first kappa shape index (κ1) is 17.4. The lowest BCUT2D eigenvalue weighted by Crippen LogP contribution is -2.12. The minimum Gasteiger partial charge on any atom is -0.321 e. The van der Waals surface area contributed by atoms with E-state index in [4.69, 9.17) is 0 Å². The van der Waals surface area contributed by atoms with E-state index in [2.05, 4.69) is 10.3 Å². The molecule has 2 heterocycles. The highest BCUT2D eigenvalue weighted by Crippen LogP contribution is 2.28. The number of fused-ring (bicyclic) bond motifs is 1. The summed E-state index contributed by atoms with van der Waals surface area (Å²) < 4.78 is 15.0. The number of aryl methyl sites for hydroxylation is 3. The predicted octanol–water partition coefficient (Wildman–Crippen LogP) is 5.38. The molecule has 136 valence electrons. The fraction of sp³-hybridized carbons (Fsp3) is 0.143. The Hall–Kier alpha value is -2.99. The van der Waals surface area contributed by atoms with Crippen molar-refractivity contribution >= 4 is 27.9 Å². The zero-order valence-corrected chi connectivity index (χ0v) is 16.0. The molecule has 1 amide bonds. The number of halogens is 1. The third kappa shape index (κ3) is 3.24. The maximum absolute atomic E-state index is 13.1. The van der Waals surface area contributed by atoms with E-state index in [0.29, 0.717) is 4.88 Å². The van der Waals surface area contributed by atoms with Crippen LogP contribution in [0.5, 0.6) is 0 Å². The number of carbonyl (C=O) groups excluding carboxylic acids is 1. The van der Waals surface area contributed by atoms with Gasteiger partial charge >= 0.3 is 0 Å². The smallest absolute Gasteiger partial charge is 0.267 e. The molecule has 0 radical (unpaired) electrons. The normalized spacial score (nSPS) is 11.1. The number of hydrogen-bond donors (Lipinski definition) is 1. The molecule has 4 rings (SSSR count). The summed E-state index contributed by atoms with van der Waals surface area (Å²) in [4.78, 5) is 18.7. The van der Waals surface area contributed by atoms with Crippen LogP contribution in [0.3, 0.4) is 0 Å². The quantitative estimate of drug-likeness (QED) is 0.519. The van der Waals surface area contributed by atoms with Crippen LogP contribution in [0, 0.1) is 26.6 Å². The Bertz CT molecular complexity index is 1160. The van der Waals surface area contributed by atoms with E-state index in [-0.39, 0.29) is 11.7 Å². The molecular weight excluding hydrogens is 361 g/mol. The van der Waals surface area contributed by atoms with Gasteiger partial charge in [0.25, 0.3) is 5.91 Å². The van der Waals surface area contributed by atoms with E-state index in [1.165, 1.54) is 29.0 Å². The minimum atomic E-state index is -0.277. The molecule has 0 bridgehead atoms. The van der Waals surface area contributed by atoms with Gasteiger partial charge in [0.2, 0.25) is 0 Å². The molecule has 6 heteroatoms. The van der Waals surface area contributed by atoms with Crippen molar-refractivity contribution in [3.63, 3.8) is 0 Å². The van der Waals surface area contributed by atoms with Crippen molar-refractivity contribution in [2.24, 2.45) is 0 Å². The highest BCUT2D eigenvalue weighted by Gasteiger charge is 2.18. The van der Waals surface area contributed by atoms with Gasteiger partial charge in [0.15, 0.2) is 4.96 Å². The summed E-state index contributed by atoms with van der Waals surface area (Å²) in [7, 11) is 0. The monoisotopic (exact) mass is 379 g/mol. The third-order valence-electron chi connectivity index (χ3n) is 4.67. The van der Waals surface area contributed by atoms with Crippen LogP contribution in [0.4, 0.5) is 10.1 Å². The highest BCUT2D eigenvalue weighted by atomic mass is 32.1. The molecule has 0 aliphatic heterocycles. The zero-order valence-electron chi connectivity index (χ0n) is 15.2. The second kappa shape index (κ2) is 6.63. The lowest BCUT2D eigenvalue weighted by molar-refractivity contribution is 0.102. The van der Waals surface area contributed by atoms with Crippen LogP contribution in [-0.2, 0) is 0 Å². The molecule has 1 N–H and O–H groups in total. The summed E-state index contributed by atoms with van der Waals surface area (Å²) in [5.41, 5.74) is 5.53. The van der Waals surface area contributed by atoms with Crippen molar-refractivity contribution in [2.75, 3.05) is 5.32 Å². The number of nitrogens with zero attached hydrogens (tertiary/aromatic N) is 2. The van der Waals surface area contributed by atoms with Gasteiger partial charge < -0.3 is 5.32 Å². The zero-order chi connectivity index (χ0) is 19.1. The molecule has 0 spiro atoms. The number of nitrogens with one attached hydrogen (secondary N) is 1. The van der Waals surface area contributed by atoms with Gasteiger partial charge in [-0.15, -0.1) is 0 Å². The molecule has 27 heavy (non-hydrogen) atoms. The summed E-state index contributed by atoms with van der Waals surface area (Å²) in [6.45, 7) is 5.96. The van der Waals surface area contributed by atoms with E-state index in [1.54, 1.807) is 12.1 Å². The topological polar surface area (TPSA) is 46.4 Å². The van der Waals surface area contributed by atoms with Crippen molar-refractivity contribution in [1.82, 2.24) is 9.38 Å². The molecule has 0 saturated heterocycles. The van der Waals surface area contributed by atoms with Crippen molar-refractivity contribution in [3.05, 3.63) is 76.2 Å². The Kier molecular flexibility index (Phi) is 4.28. The van der Waals surface area contributed by atoms with Gasteiger partial charge in [-0.1, -0.05) is 17.4 Å². The van der Waals surface area contributed by atoms with Crippen molar-refractivity contribution < 1.29 is 9.18 Å². The molecule has 2 aromatic carbocycles. The summed E-state index contributed by atoms with van der Waals surface area (Å²) in [6, 6.07) is 12.1. The Labute approximate surface area is 160 Å². The maximum Gasteiger partial charge on any atom is 0.267 e. The average Bonchev–Trinajstić information content (AvgIpc) is 3.18. The lowest BCUT2D eigenvalue weighted by atomic mass is 10.1. The Morgan fingerprint density at radius 2 is 1.81 bits per heavy atom. The number of carbonyl (C=O) groups is 1. The minimum absolute atomic E-state index is 0.144. The van der Waals surface area contributed by atoms with Crippen molar-refractivity contribution in [2.45, 2.75) is 20.8 Å². The van der Waals surface area contributed by atoms with E-state index in [1.807, 2.05) is 49.6 Å². The van der Waals surface area contributed by atoms with E-state index in [0.717, 1.165) is 33.2 Å². The molecule has 4 aromatic rings. The number of thiazole rings is 1. The first-order chi connectivity index (χ1) is 12.9. The van der Waals surface area contributed by atoms with Crippen LogP contribution in [0.25, 0.3) is 16.2 Å². The van der Waals surface area contributed by atoms with E-state index in [9.17, 15) is 9.18 Å². The van der Waals surface area contributed by atoms with Gasteiger partial charge in [-0.2, -0.15) is 0 Å². The Balaban J connectivity index is 1.63. The summed E-state index contributed by atoms with van der Waals surface area (Å²) in [5.74, 6) is -0.421. The number of imidazole rings is 1. The summed E-state index contributed by atoms with van der Waals surface area (Å²) in [5, 5.41) is 2.96. The van der Waals surface area contributed by atoms with Gasteiger partial charge in [-0.25, -0.2) is 9.37 Å². The predicted molar refractivity (Wildman–Crippen MR) is 107 cm³/mol. The standard InChI is InChI=1S/C21H18FN3OS/c1-12-4-9-17(10-13(12)2)23-20(26)19-14(3)25-11-18(24-21(25)27-19)15-5-7-16(22)8-6-15/h4-11H,1-3H3,(H,23,26). The molecule has 0 unspecified atom stereocenters. The molecule has 0 aliphatic rings. The van der Waals surface area contributed by atoms with Gasteiger partial charge in [0.05, 0.1) is 5.69 Å². The molecule has 0 atom stereocenters. The number of benzene rings is 2. The van der Waals surface area contributed by atoms with Crippen molar-refractivity contribution in [3.8, 4) is 11.3 Å². The maximum atomic E-state index is 13.1. The number of hydrogen-bond acceptors (Lipinski definition) is 3. The molecule has 4 nitrogen and oxygen atoms in total. The second-order valence-corrected chi connectivity index (χ2v) is 7.53. The fourth-order valence-electron chi connectivity index (χ4n) is 2.93. The van der Waals surface area contributed by atoms with Crippen LogP contribution in [0.2, 0.25) is 0 Å². The SMILES string of the molecule is Cc1ccc(NC(=O)c2sc3nc(-c4ccc(F)cc4)cn3c2C)cc1C. The van der Waals surface area contributed by atoms with Gasteiger partial charge in [0.1, 0.15) is 10.7 Å². The summed E-state index contributed by atoms with van der Waals surface area (Å²) in [6.07, 6.45) is 1.88. The fourth-order valence-corrected chi connectivity index (χ4v) is 3.93.